The molecule has 0 saturated heterocycles. The maximum absolute atomic E-state index is 9.55. The molecule has 0 saturated carbocycles. The Kier molecular flexibility index (Phi) is 5.17. The Hall–Kier alpha value is -6.43. The second kappa shape index (κ2) is 11.6. The van der Waals surface area contributed by atoms with Gasteiger partial charge in [-0.15, -0.1) is 11.3 Å². The van der Waals surface area contributed by atoms with Crippen LogP contribution in [0.3, 0.4) is 0 Å². The molecular formula is C45H27N3OS. The number of hydrogen-bond donors (Lipinski definition) is 0. The number of fused-ring (bicyclic) bond motifs is 6. The lowest BCUT2D eigenvalue weighted by Crippen LogP contribution is -2.00. The summed E-state index contributed by atoms with van der Waals surface area (Å²) < 4.78 is 68.6. The van der Waals surface area contributed by atoms with Gasteiger partial charge in [-0.05, 0) is 76.8 Å². The molecule has 5 heteroatoms. The Bertz CT molecular complexity index is 3280. The summed E-state index contributed by atoms with van der Waals surface area (Å²) in [5.41, 5.74) is 5.82. The summed E-state index contributed by atoms with van der Waals surface area (Å²) >= 11 is 1.01. The number of benzene rings is 7. The zero-order chi connectivity index (χ0) is 39.1. The van der Waals surface area contributed by atoms with Crippen molar-refractivity contribution in [3.8, 4) is 56.4 Å². The minimum absolute atomic E-state index is 0.0983. The van der Waals surface area contributed by atoms with E-state index in [2.05, 4.69) is 0 Å². The molecule has 0 atom stereocenters. The van der Waals surface area contributed by atoms with E-state index in [1.807, 2.05) is 121 Å². The van der Waals surface area contributed by atoms with E-state index in [1.54, 1.807) is 0 Å². The van der Waals surface area contributed by atoms with Crippen LogP contribution < -0.4 is 0 Å². The fourth-order valence-electron chi connectivity index (χ4n) is 6.36. The summed E-state index contributed by atoms with van der Waals surface area (Å²) in [5, 5.41) is 2.39. The molecule has 3 aromatic heterocycles. The van der Waals surface area contributed by atoms with Crippen molar-refractivity contribution in [2.75, 3.05) is 0 Å². The summed E-state index contributed by atoms with van der Waals surface area (Å²) in [5.74, 6) is 1.22. The van der Waals surface area contributed by atoms with Gasteiger partial charge >= 0.3 is 0 Å². The van der Waals surface area contributed by atoms with Crippen molar-refractivity contribution in [3.05, 3.63) is 164 Å². The summed E-state index contributed by atoms with van der Waals surface area (Å²) in [7, 11) is 0. The zero-order valence-corrected chi connectivity index (χ0v) is 27.0. The molecule has 4 nitrogen and oxygen atoms in total. The van der Waals surface area contributed by atoms with Gasteiger partial charge in [-0.3, -0.25) is 0 Å². The highest BCUT2D eigenvalue weighted by atomic mass is 32.1. The molecule has 0 bridgehead atoms. The van der Waals surface area contributed by atoms with Crippen LogP contribution in [0, 0.1) is 0 Å². The lowest BCUT2D eigenvalue weighted by Gasteiger charge is -2.13. The summed E-state index contributed by atoms with van der Waals surface area (Å²) in [6.45, 7) is 0. The monoisotopic (exact) mass is 664 g/mol. The summed E-state index contributed by atoms with van der Waals surface area (Å²) in [6, 6.07) is 37.0. The third-order valence-corrected chi connectivity index (χ3v) is 9.80. The number of hydrogen-bond acceptors (Lipinski definition) is 5. The van der Waals surface area contributed by atoms with Crippen molar-refractivity contribution < 1.29 is 14.0 Å². The van der Waals surface area contributed by atoms with Crippen LogP contribution in [0.2, 0.25) is 0 Å². The van der Waals surface area contributed by atoms with E-state index < -0.39 is 6.04 Å². The average molecular weight is 665 g/mol. The first-order chi connectivity index (χ1) is 27.7. The molecule has 3 heterocycles. The number of furan rings is 1. The fraction of sp³-hybridized carbons (Fsp3) is 0. The Morgan fingerprint density at radius 1 is 0.420 bits per heavy atom. The summed E-state index contributed by atoms with van der Waals surface area (Å²) in [6.07, 6.45) is 0. The van der Waals surface area contributed by atoms with E-state index >= 15 is 0 Å². The number of aromatic nitrogens is 3. The minimum atomic E-state index is -0.415. The zero-order valence-electron chi connectivity index (χ0n) is 33.2. The predicted octanol–water partition coefficient (Wildman–Crippen LogP) is 12.5. The van der Waals surface area contributed by atoms with Crippen LogP contribution in [0.25, 0.3) is 98.5 Å². The lowest BCUT2D eigenvalue weighted by molar-refractivity contribution is 0.669. The van der Waals surface area contributed by atoms with Gasteiger partial charge in [0.15, 0.2) is 17.5 Å². The van der Waals surface area contributed by atoms with E-state index in [9.17, 15) is 2.74 Å². The first-order valence-electron chi connectivity index (χ1n) is 19.5. The smallest absolute Gasteiger partial charge is 0.164 e. The molecule has 0 aliphatic carbocycles. The van der Waals surface area contributed by atoms with Gasteiger partial charge in [0.2, 0.25) is 0 Å². The highest BCUT2D eigenvalue weighted by Gasteiger charge is 2.17. The van der Waals surface area contributed by atoms with Crippen molar-refractivity contribution >= 4 is 53.4 Å². The molecule has 10 aromatic rings. The van der Waals surface area contributed by atoms with Crippen LogP contribution in [-0.2, 0) is 0 Å². The van der Waals surface area contributed by atoms with Crippen LogP contribution in [0.1, 0.15) is 9.60 Å². The largest absolute Gasteiger partial charge is 0.456 e. The topological polar surface area (TPSA) is 51.8 Å². The van der Waals surface area contributed by atoms with Gasteiger partial charge in [0.1, 0.15) is 11.2 Å². The Balaban J connectivity index is 1.24. The van der Waals surface area contributed by atoms with Gasteiger partial charge in [-0.25, -0.2) is 15.0 Å². The third kappa shape index (κ3) is 4.95. The highest BCUT2D eigenvalue weighted by molar-refractivity contribution is 7.25. The summed E-state index contributed by atoms with van der Waals surface area (Å²) in [4.78, 5) is 15.0. The van der Waals surface area contributed by atoms with Crippen LogP contribution in [0.4, 0.5) is 0 Å². The van der Waals surface area contributed by atoms with Crippen molar-refractivity contribution in [3.63, 3.8) is 0 Å². The molecule has 0 spiro atoms. The quantitative estimate of drug-likeness (QED) is 0.184. The molecule has 0 unspecified atom stereocenters. The van der Waals surface area contributed by atoms with Crippen LogP contribution in [-0.4, -0.2) is 15.0 Å². The molecule has 0 N–H and O–H groups in total. The first-order valence-corrected chi connectivity index (χ1v) is 16.8. The van der Waals surface area contributed by atoms with Gasteiger partial charge in [0.25, 0.3) is 0 Å². The average Bonchev–Trinajstić information content (AvgIpc) is 3.84. The molecule has 0 radical (unpaired) electrons. The Morgan fingerprint density at radius 3 is 1.86 bits per heavy atom. The molecular weight excluding hydrogens is 631 g/mol. The molecule has 234 valence electrons. The van der Waals surface area contributed by atoms with Crippen LogP contribution in [0.15, 0.2) is 168 Å². The molecule has 0 fully saturated rings. The fourth-order valence-corrected chi connectivity index (χ4v) is 7.28. The normalized spacial score (nSPS) is 13.6. The molecule has 0 aliphatic rings. The van der Waals surface area contributed by atoms with Crippen molar-refractivity contribution in [1.82, 2.24) is 15.0 Å². The van der Waals surface area contributed by atoms with Crippen molar-refractivity contribution in [2.24, 2.45) is 0 Å². The molecule has 50 heavy (non-hydrogen) atoms. The number of rotatable bonds is 5. The van der Waals surface area contributed by atoms with Gasteiger partial charge in [0, 0.05) is 47.6 Å². The SMILES string of the molecule is [2H]c1c([2H])c([2H])c2c(sc3c([2H])c([2H])c(-c4cc(-c5ccccc5)cc(-c5nc(-c6ccccc6)nc(-c6ccc7c(c6)oc6ccccc67)n5)c4)c([2H])c32)c1[2H]. The van der Waals surface area contributed by atoms with Gasteiger partial charge < -0.3 is 4.42 Å². The molecule has 0 amide bonds. The van der Waals surface area contributed by atoms with E-state index in [1.165, 1.54) is 0 Å². The van der Waals surface area contributed by atoms with E-state index in [4.69, 9.17) is 26.2 Å². The van der Waals surface area contributed by atoms with E-state index in [0.29, 0.717) is 34.2 Å². The lowest BCUT2D eigenvalue weighted by atomic mass is 9.95. The number of para-hydroxylation sites is 1. The number of thiophene rings is 1. The molecule has 7 aromatic carbocycles. The van der Waals surface area contributed by atoms with Crippen molar-refractivity contribution in [2.45, 2.75) is 0 Å². The predicted molar refractivity (Wildman–Crippen MR) is 207 cm³/mol. The maximum Gasteiger partial charge on any atom is 0.164 e. The number of nitrogens with zero attached hydrogens (tertiary/aromatic N) is 3. The second-order valence-corrected chi connectivity index (χ2v) is 12.9. The van der Waals surface area contributed by atoms with Gasteiger partial charge in [-0.2, -0.15) is 0 Å². The molecule has 0 aliphatic heterocycles. The molecule has 10 rings (SSSR count). The van der Waals surface area contributed by atoms with Gasteiger partial charge in [0.05, 0.1) is 9.60 Å². The van der Waals surface area contributed by atoms with Crippen LogP contribution in [0.5, 0.6) is 0 Å². The highest BCUT2D eigenvalue weighted by Crippen LogP contribution is 2.39. The van der Waals surface area contributed by atoms with Crippen molar-refractivity contribution in [1.29, 1.82) is 0 Å². The van der Waals surface area contributed by atoms with E-state index in [0.717, 1.165) is 49.9 Å². The maximum atomic E-state index is 9.55. The Labute approximate surface area is 301 Å². The third-order valence-electron chi connectivity index (χ3n) is 8.78. The Morgan fingerprint density at radius 2 is 1.04 bits per heavy atom. The second-order valence-electron chi connectivity index (χ2n) is 11.9. The minimum Gasteiger partial charge on any atom is -0.456 e. The first kappa shape index (κ1) is 22.3. The van der Waals surface area contributed by atoms with Gasteiger partial charge in [-0.1, -0.05) is 109 Å². The standard InChI is InChI=1S/C45H27N3OS/c1-3-11-28(12-4-1)32-23-33(30-20-22-42-38(26-30)37-16-8-10-18-41(37)50-42)25-34(24-32)45-47-43(29-13-5-2-6-14-29)46-44(48-45)31-19-21-36-35-15-7-9-17-39(35)49-40(36)27-31/h1-27H/i8D,10D,16D,18D,20D,22D,26D. The van der Waals surface area contributed by atoms with E-state index in [-0.39, 0.29) is 62.0 Å². The van der Waals surface area contributed by atoms with Crippen LogP contribution >= 0.6 is 11.3 Å².